The first-order valence-electron chi connectivity index (χ1n) is 6.39. The molecule has 5 heteroatoms. The lowest BCUT2D eigenvalue weighted by Gasteiger charge is -2.22. The molecule has 0 radical (unpaired) electrons. The molecule has 0 bridgehead atoms. The van der Waals surface area contributed by atoms with Gasteiger partial charge in [-0.05, 0) is 24.7 Å². The highest BCUT2D eigenvalue weighted by atomic mass is 16.6. The molecule has 1 aromatic carbocycles. The minimum atomic E-state index is 0.213. The fraction of sp³-hybridized carbons (Fsp3) is 0.357. The number of ether oxygens (including phenoxy) is 2. The fourth-order valence-electron chi connectivity index (χ4n) is 2.25. The molecule has 1 atom stereocenters. The third-order valence-corrected chi connectivity index (χ3v) is 3.27. The monoisotopic (exact) mass is 259 g/mol. The van der Waals surface area contributed by atoms with E-state index >= 15 is 0 Å². The number of benzene rings is 1. The molecule has 0 spiro atoms. The van der Waals surface area contributed by atoms with Crippen molar-refractivity contribution in [1.29, 1.82) is 0 Å². The van der Waals surface area contributed by atoms with Crippen LogP contribution in [0.3, 0.4) is 0 Å². The zero-order chi connectivity index (χ0) is 13.1. The van der Waals surface area contributed by atoms with Crippen LogP contribution in [0.1, 0.15) is 11.6 Å². The molecule has 0 saturated heterocycles. The van der Waals surface area contributed by atoms with Crippen molar-refractivity contribution >= 4 is 0 Å². The zero-order valence-electron chi connectivity index (χ0n) is 10.9. The van der Waals surface area contributed by atoms with Crippen molar-refractivity contribution in [2.45, 2.75) is 12.6 Å². The van der Waals surface area contributed by atoms with Crippen molar-refractivity contribution in [2.24, 2.45) is 0 Å². The van der Waals surface area contributed by atoms with Crippen molar-refractivity contribution in [3.63, 3.8) is 0 Å². The Morgan fingerprint density at radius 1 is 1.32 bits per heavy atom. The molecule has 19 heavy (non-hydrogen) atoms. The maximum Gasteiger partial charge on any atom is 0.161 e. The van der Waals surface area contributed by atoms with Crippen LogP contribution in [0.5, 0.6) is 11.5 Å². The van der Waals surface area contributed by atoms with E-state index in [-0.39, 0.29) is 6.04 Å². The van der Waals surface area contributed by atoms with Crippen molar-refractivity contribution in [3.8, 4) is 11.5 Å². The number of likely N-dealkylation sites (N-methyl/N-ethyl adjacent to an activating group) is 1. The molecular weight excluding hydrogens is 242 g/mol. The molecule has 1 unspecified atom stereocenters. The molecule has 0 fully saturated rings. The van der Waals surface area contributed by atoms with Gasteiger partial charge in [-0.3, -0.25) is 0 Å². The first-order chi connectivity index (χ1) is 9.36. The van der Waals surface area contributed by atoms with E-state index in [9.17, 15) is 0 Å². The summed E-state index contributed by atoms with van der Waals surface area (Å²) in [6.07, 6.45) is 5.57. The average Bonchev–Trinajstić information content (AvgIpc) is 2.97. The van der Waals surface area contributed by atoms with Crippen LogP contribution in [0.15, 0.2) is 36.9 Å². The first kappa shape index (κ1) is 12.0. The van der Waals surface area contributed by atoms with Gasteiger partial charge in [-0.1, -0.05) is 6.07 Å². The molecule has 1 aromatic heterocycles. The third-order valence-electron chi connectivity index (χ3n) is 3.27. The zero-order valence-corrected chi connectivity index (χ0v) is 10.9. The van der Waals surface area contributed by atoms with Gasteiger partial charge in [0.25, 0.3) is 0 Å². The minimum absolute atomic E-state index is 0.213. The average molecular weight is 259 g/mol. The number of hydrogen-bond donors (Lipinski definition) is 1. The Morgan fingerprint density at radius 3 is 2.89 bits per heavy atom. The van der Waals surface area contributed by atoms with E-state index in [4.69, 9.17) is 9.47 Å². The summed E-state index contributed by atoms with van der Waals surface area (Å²) in [6.45, 7) is 2.06. The Labute approximate surface area is 112 Å². The lowest BCUT2D eigenvalue weighted by Crippen LogP contribution is -2.22. The van der Waals surface area contributed by atoms with Gasteiger partial charge in [-0.15, -0.1) is 0 Å². The maximum absolute atomic E-state index is 5.62. The summed E-state index contributed by atoms with van der Waals surface area (Å²) in [6, 6.07) is 6.31. The minimum Gasteiger partial charge on any atom is -0.486 e. The normalized spacial score (nSPS) is 15.2. The predicted molar refractivity (Wildman–Crippen MR) is 71.5 cm³/mol. The quantitative estimate of drug-likeness (QED) is 0.906. The predicted octanol–water partition coefficient (Wildman–Crippen LogP) is 1.61. The lowest BCUT2D eigenvalue weighted by atomic mass is 10.1. The van der Waals surface area contributed by atoms with Crippen LogP contribution in [-0.4, -0.2) is 29.8 Å². The van der Waals surface area contributed by atoms with Gasteiger partial charge in [0.05, 0.1) is 12.4 Å². The second-order valence-corrected chi connectivity index (χ2v) is 4.50. The Bertz CT molecular complexity index is 540. The summed E-state index contributed by atoms with van der Waals surface area (Å²) in [4.78, 5) is 4.06. The van der Waals surface area contributed by atoms with Crippen LogP contribution in [0.4, 0.5) is 0 Å². The molecule has 2 aromatic rings. The van der Waals surface area contributed by atoms with Crippen LogP contribution in [0.2, 0.25) is 0 Å². The molecule has 0 aliphatic carbocycles. The second kappa shape index (κ2) is 5.32. The summed E-state index contributed by atoms with van der Waals surface area (Å²) < 4.78 is 13.2. The molecule has 100 valence electrons. The molecule has 1 N–H and O–H groups in total. The Balaban J connectivity index is 1.82. The van der Waals surface area contributed by atoms with Gasteiger partial charge in [-0.25, -0.2) is 4.98 Å². The fourth-order valence-corrected chi connectivity index (χ4v) is 2.25. The van der Waals surface area contributed by atoms with Crippen molar-refractivity contribution < 1.29 is 9.47 Å². The van der Waals surface area contributed by atoms with E-state index < -0.39 is 0 Å². The van der Waals surface area contributed by atoms with E-state index in [0.717, 1.165) is 18.0 Å². The topological polar surface area (TPSA) is 48.3 Å². The first-order valence-corrected chi connectivity index (χ1v) is 6.39. The van der Waals surface area contributed by atoms with Gasteiger partial charge in [0.1, 0.15) is 13.2 Å². The van der Waals surface area contributed by atoms with Crippen LogP contribution >= 0.6 is 0 Å². The number of nitrogens with one attached hydrogen (secondary N) is 1. The SMILES string of the molecule is CNC(Cn1ccnc1)c1ccc2c(c1)OCCO2. The van der Waals surface area contributed by atoms with Crippen LogP contribution in [-0.2, 0) is 6.54 Å². The Kier molecular flexibility index (Phi) is 3.37. The summed E-state index contributed by atoms with van der Waals surface area (Å²) >= 11 is 0. The number of nitrogens with zero attached hydrogens (tertiary/aromatic N) is 2. The summed E-state index contributed by atoms with van der Waals surface area (Å²) in [7, 11) is 1.96. The summed E-state index contributed by atoms with van der Waals surface area (Å²) in [5.74, 6) is 1.65. The molecule has 1 aliphatic heterocycles. The highest BCUT2D eigenvalue weighted by Crippen LogP contribution is 2.32. The van der Waals surface area contributed by atoms with E-state index in [1.807, 2.05) is 31.7 Å². The Hall–Kier alpha value is -2.01. The number of rotatable bonds is 4. The van der Waals surface area contributed by atoms with E-state index in [1.54, 1.807) is 6.20 Å². The van der Waals surface area contributed by atoms with Gasteiger partial charge in [-0.2, -0.15) is 0 Å². The van der Waals surface area contributed by atoms with Crippen LogP contribution in [0, 0.1) is 0 Å². The van der Waals surface area contributed by atoms with E-state index in [2.05, 4.69) is 20.9 Å². The van der Waals surface area contributed by atoms with Crippen LogP contribution in [0.25, 0.3) is 0 Å². The number of fused-ring (bicyclic) bond motifs is 1. The maximum atomic E-state index is 5.62. The third kappa shape index (κ3) is 2.56. The van der Waals surface area contributed by atoms with Gasteiger partial charge in [0.15, 0.2) is 11.5 Å². The molecule has 5 nitrogen and oxygen atoms in total. The van der Waals surface area contributed by atoms with Gasteiger partial charge in [0, 0.05) is 18.9 Å². The van der Waals surface area contributed by atoms with Crippen molar-refractivity contribution in [2.75, 3.05) is 20.3 Å². The van der Waals surface area contributed by atoms with Crippen molar-refractivity contribution in [3.05, 3.63) is 42.5 Å². The van der Waals surface area contributed by atoms with E-state index in [0.29, 0.717) is 13.2 Å². The Morgan fingerprint density at radius 2 is 2.16 bits per heavy atom. The number of aromatic nitrogens is 2. The molecule has 1 aliphatic rings. The second-order valence-electron chi connectivity index (χ2n) is 4.50. The summed E-state index contributed by atoms with van der Waals surface area (Å²) in [5, 5.41) is 3.32. The number of hydrogen-bond acceptors (Lipinski definition) is 4. The molecule has 0 amide bonds. The molecule has 2 heterocycles. The smallest absolute Gasteiger partial charge is 0.161 e. The highest BCUT2D eigenvalue weighted by Gasteiger charge is 2.16. The largest absolute Gasteiger partial charge is 0.486 e. The lowest BCUT2D eigenvalue weighted by molar-refractivity contribution is 0.171. The number of imidazole rings is 1. The molecule has 3 rings (SSSR count). The molecule has 0 saturated carbocycles. The van der Waals surface area contributed by atoms with Gasteiger partial charge >= 0.3 is 0 Å². The van der Waals surface area contributed by atoms with Crippen molar-refractivity contribution in [1.82, 2.24) is 14.9 Å². The highest BCUT2D eigenvalue weighted by molar-refractivity contribution is 5.44. The van der Waals surface area contributed by atoms with E-state index in [1.165, 1.54) is 5.56 Å². The van der Waals surface area contributed by atoms with Crippen LogP contribution < -0.4 is 14.8 Å². The standard InChI is InChI=1S/C14H17N3O2/c1-15-12(9-17-5-4-16-10-17)11-2-3-13-14(8-11)19-7-6-18-13/h2-5,8,10,12,15H,6-7,9H2,1H3. The van der Waals surface area contributed by atoms with Gasteiger partial charge in [0.2, 0.25) is 0 Å². The molecular formula is C14H17N3O2. The van der Waals surface area contributed by atoms with Gasteiger partial charge < -0.3 is 19.4 Å². The summed E-state index contributed by atoms with van der Waals surface area (Å²) in [5.41, 5.74) is 1.18.